The summed E-state index contributed by atoms with van der Waals surface area (Å²) >= 11 is 9.27. The van der Waals surface area contributed by atoms with E-state index in [2.05, 4.69) is 20.7 Å². The number of hydrogen-bond acceptors (Lipinski definition) is 3. The number of nitrogen functional groups attached to an aromatic ring is 1. The van der Waals surface area contributed by atoms with Crippen LogP contribution < -0.4 is 10.5 Å². The predicted octanol–water partition coefficient (Wildman–Crippen LogP) is 3.47. The second-order valence-electron chi connectivity index (χ2n) is 4.53. The first kappa shape index (κ1) is 16.3. The molecule has 0 heterocycles. The normalized spacial score (nSPS) is 11.6. The summed E-state index contributed by atoms with van der Waals surface area (Å²) in [5.74, 6) is 0. The molecule has 0 bridgehead atoms. The molecule has 0 spiro atoms. The first-order valence-electron chi connectivity index (χ1n) is 6.10. The molecule has 0 fully saturated rings. The molecule has 0 radical (unpaired) electrons. The fraction of sp³-hybridized carbons (Fsp3) is 0.143. The lowest BCUT2D eigenvalue weighted by Crippen LogP contribution is -2.24. The van der Waals surface area contributed by atoms with Gasteiger partial charge in [0.25, 0.3) is 0 Å². The van der Waals surface area contributed by atoms with Crippen molar-refractivity contribution in [1.29, 1.82) is 0 Å². The highest BCUT2D eigenvalue weighted by Crippen LogP contribution is 2.26. The predicted molar refractivity (Wildman–Crippen MR) is 88.8 cm³/mol. The van der Waals surface area contributed by atoms with Crippen molar-refractivity contribution in [3.63, 3.8) is 0 Å². The van der Waals surface area contributed by atoms with Crippen LogP contribution in [0.4, 0.5) is 5.69 Å². The molecule has 0 aromatic heterocycles. The number of halogens is 2. The zero-order chi connectivity index (χ0) is 15.6. The SMILES string of the molecule is Cc1c(N)cc(Cl)cc1S(=O)(=O)NCc1ccccc1Br. The van der Waals surface area contributed by atoms with Crippen molar-refractivity contribution in [1.82, 2.24) is 4.72 Å². The Labute approximate surface area is 137 Å². The number of hydrogen-bond donors (Lipinski definition) is 2. The number of rotatable bonds is 4. The molecule has 21 heavy (non-hydrogen) atoms. The lowest BCUT2D eigenvalue weighted by Gasteiger charge is -2.12. The molecule has 7 heteroatoms. The zero-order valence-corrected chi connectivity index (χ0v) is 14.4. The van der Waals surface area contributed by atoms with E-state index in [0.29, 0.717) is 16.3 Å². The van der Waals surface area contributed by atoms with Crippen molar-refractivity contribution < 1.29 is 8.42 Å². The van der Waals surface area contributed by atoms with Gasteiger partial charge in [-0.2, -0.15) is 0 Å². The number of benzene rings is 2. The standard InChI is InChI=1S/C14H14BrClN2O2S/c1-9-13(17)6-11(16)7-14(9)21(19,20)18-8-10-4-2-3-5-12(10)15/h2-7,18H,8,17H2,1H3. The van der Waals surface area contributed by atoms with Gasteiger partial charge in [-0.05, 0) is 36.2 Å². The maximum Gasteiger partial charge on any atom is 0.241 e. The van der Waals surface area contributed by atoms with Crippen LogP contribution in [0.25, 0.3) is 0 Å². The molecule has 2 aromatic rings. The molecule has 0 aliphatic rings. The third-order valence-corrected chi connectivity index (χ3v) is 5.58. The Morgan fingerprint density at radius 3 is 2.62 bits per heavy atom. The molecule has 0 saturated heterocycles. The van der Waals surface area contributed by atoms with Crippen LogP contribution >= 0.6 is 27.5 Å². The minimum absolute atomic E-state index is 0.0968. The van der Waals surface area contributed by atoms with Gasteiger partial charge in [-0.25, -0.2) is 13.1 Å². The van der Waals surface area contributed by atoms with Crippen molar-refractivity contribution in [2.24, 2.45) is 0 Å². The van der Waals surface area contributed by atoms with Gasteiger partial charge in [0.05, 0.1) is 4.90 Å². The number of nitrogens with one attached hydrogen (secondary N) is 1. The summed E-state index contributed by atoms with van der Waals surface area (Å²) in [5.41, 5.74) is 7.44. The first-order chi connectivity index (χ1) is 9.81. The summed E-state index contributed by atoms with van der Waals surface area (Å²) in [4.78, 5) is 0.0968. The van der Waals surface area contributed by atoms with Gasteiger partial charge in [0.2, 0.25) is 10.0 Å². The van der Waals surface area contributed by atoms with Gasteiger partial charge >= 0.3 is 0 Å². The monoisotopic (exact) mass is 388 g/mol. The highest BCUT2D eigenvalue weighted by atomic mass is 79.9. The number of nitrogens with two attached hydrogens (primary N) is 1. The maximum absolute atomic E-state index is 12.4. The molecule has 0 unspecified atom stereocenters. The second-order valence-corrected chi connectivity index (χ2v) is 7.56. The molecule has 2 rings (SSSR count). The van der Waals surface area contributed by atoms with Crippen LogP contribution in [0.5, 0.6) is 0 Å². The van der Waals surface area contributed by atoms with Crippen LogP contribution in [0.2, 0.25) is 5.02 Å². The fourth-order valence-corrected chi connectivity index (χ4v) is 3.87. The molecule has 0 amide bonds. The van der Waals surface area contributed by atoms with E-state index < -0.39 is 10.0 Å². The fourth-order valence-electron chi connectivity index (χ4n) is 1.85. The third-order valence-electron chi connectivity index (χ3n) is 3.06. The largest absolute Gasteiger partial charge is 0.398 e. The van der Waals surface area contributed by atoms with E-state index in [-0.39, 0.29) is 11.4 Å². The molecule has 112 valence electrons. The summed E-state index contributed by atoms with van der Waals surface area (Å²) in [5, 5.41) is 0.291. The van der Waals surface area contributed by atoms with Crippen molar-refractivity contribution in [3.05, 3.63) is 57.0 Å². The van der Waals surface area contributed by atoms with Crippen molar-refractivity contribution in [3.8, 4) is 0 Å². The Hall–Kier alpha value is -1.08. The highest BCUT2D eigenvalue weighted by molar-refractivity contribution is 9.10. The van der Waals surface area contributed by atoms with E-state index >= 15 is 0 Å². The smallest absolute Gasteiger partial charge is 0.241 e. The van der Waals surface area contributed by atoms with Gasteiger partial charge < -0.3 is 5.73 Å². The van der Waals surface area contributed by atoms with Crippen LogP contribution in [0.1, 0.15) is 11.1 Å². The van der Waals surface area contributed by atoms with Gasteiger partial charge in [-0.1, -0.05) is 45.7 Å². The maximum atomic E-state index is 12.4. The Balaban J connectivity index is 2.30. The molecule has 0 atom stereocenters. The van der Waals surface area contributed by atoms with Gasteiger partial charge in [0.15, 0.2) is 0 Å². The number of anilines is 1. The first-order valence-corrected chi connectivity index (χ1v) is 8.75. The molecular formula is C14H14BrClN2O2S. The minimum Gasteiger partial charge on any atom is -0.398 e. The van der Waals surface area contributed by atoms with Crippen LogP contribution in [0.3, 0.4) is 0 Å². The van der Waals surface area contributed by atoms with E-state index in [1.807, 2.05) is 24.3 Å². The Kier molecular flexibility index (Phi) is 4.93. The summed E-state index contributed by atoms with van der Waals surface area (Å²) in [6.45, 7) is 1.83. The van der Waals surface area contributed by atoms with Crippen molar-refractivity contribution in [2.75, 3.05) is 5.73 Å². The third kappa shape index (κ3) is 3.77. The van der Waals surface area contributed by atoms with Gasteiger partial charge in [-0.15, -0.1) is 0 Å². The van der Waals surface area contributed by atoms with Gasteiger partial charge in [-0.3, -0.25) is 0 Å². The molecule has 0 saturated carbocycles. The second kappa shape index (κ2) is 6.36. The van der Waals surface area contributed by atoms with E-state index in [1.54, 1.807) is 6.92 Å². The van der Waals surface area contributed by atoms with E-state index in [1.165, 1.54) is 12.1 Å². The van der Waals surface area contributed by atoms with Gasteiger partial charge in [0, 0.05) is 21.7 Å². The molecule has 2 aromatic carbocycles. The summed E-state index contributed by atoms with van der Waals surface area (Å²) in [7, 11) is -3.69. The summed E-state index contributed by atoms with van der Waals surface area (Å²) in [6, 6.07) is 10.3. The average molecular weight is 390 g/mol. The zero-order valence-electron chi connectivity index (χ0n) is 11.2. The molecular weight excluding hydrogens is 376 g/mol. The highest BCUT2D eigenvalue weighted by Gasteiger charge is 2.19. The summed E-state index contributed by atoms with van der Waals surface area (Å²) in [6.07, 6.45) is 0. The quantitative estimate of drug-likeness (QED) is 0.786. The Morgan fingerprint density at radius 2 is 1.95 bits per heavy atom. The van der Waals surface area contributed by atoms with Crippen LogP contribution in [-0.4, -0.2) is 8.42 Å². The van der Waals surface area contributed by atoms with Crippen LogP contribution in [0.15, 0.2) is 45.8 Å². The van der Waals surface area contributed by atoms with Crippen LogP contribution in [0, 0.1) is 6.92 Å². The molecule has 0 aliphatic carbocycles. The minimum atomic E-state index is -3.69. The molecule has 3 N–H and O–H groups in total. The van der Waals surface area contributed by atoms with E-state index in [9.17, 15) is 8.42 Å². The van der Waals surface area contributed by atoms with Crippen LogP contribution in [-0.2, 0) is 16.6 Å². The lowest BCUT2D eigenvalue weighted by atomic mass is 10.2. The number of sulfonamides is 1. The van der Waals surface area contributed by atoms with E-state index in [0.717, 1.165) is 10.0 Å². The van der Waals surface area contributed by atoms with E-state index in [4.69, 9.17) is 17.3 Å². The summed E-state index contributed by atoms with van der Waals surface area (Å²) < 4.78 is 28.2. The average Bonchev–Trinajstić information content (AvgIpc) is 2.42. The lowest BCUT2D eigenvalue weighted by molar-refractivity contribution is 0.580. The topological polar surface area (TPSA) is 72.2 Å². The molecule has 0 aliphatic heterocycles. The van der Waals surface area contributed by atoms with Crippen molar-refractivity contribution >= 4 is 43.2 Å². The van der Waals surface area contributed by atoms with Gasteiger partial charge in [0.1, 0.15) is 0 Å². The Bertz CT molecular complexity index is 779. The van der Waals surface area contributed by atoms with Crippen molar-refractivity contribution in [2.45, 2.75) is 18.4 Å². The molecule has 4 nitrogen and oxygen atoms in total. The Morgan fingerprint density at radius 1 is 1.29 bits per heavy atom.